The van der Waals surface area contributed by atoms with E-state index in [9.17, 15) is 19.8 Å². The average molecular weight is 614 g/mol. The SMILES string of the molecule is CCC(N)(C(=O)[O-])c1ccc(OC)c(OC)c1.CCC(N)(C(=O)[O-])c1ccc(OC)c(OC)c1.[Ba+2]. The fraction of sp³-hybridized carbons (Fsp3) is 0.417. The van der Waals surface area contributed by atoms with Crippen molar-refractivity contribution in [2.45, 2.75) is 37.8 Å². The summed E-state index contributed by atoms with van der Waals surface area (Å²) in [5.74, 6) is -0.704. The molecule has 0 aliphatic rings. The van der Waals surface area contributed by atoms with Crippen molar-refractivity contribution in [3.8, 4) is 23.0 Å². The van der Waals surface area contributed by atoms with Crippen molar-refractivity contribution in [2.75, 3.05) is 28.4 Å². The molecule has 2 atom stereocenters. The quantitative estimate of drug-likeness (QED) is 0.338. The Morgan fingerprint density at radius 1 is 0.686 bits per heavy atom. The summed E-state index contributed by atoms with van der Waals surface area (Å²) in [6.45, 7) is 3.37. The third-order valence-electron chi connectivity index (χ3n) is 5.64. The van der Waals surface area contributed by atoms with Crippen molar-refractivity contribution in [3.05, 3.63) is 47.5 Å². The van der Waals surface area contributed by atoms with Crippen LogP contribution in [0.15, 0.2) is 36.4 Å². The van der Waals surface area contributed by atoms with Gasteiger partial charge in [-0.05, 0) is 48.2 Å². The molecule has 0 heterocycles. The maximum absolute atomic E-state index is 11.1. The molecule has 0 spiro atoms. The molecule has 4 N–H and O–H groups in total. The zero-order chi connectivity index (χ0) is 26.1. The number of carboxylic acids is 2. The second-order valence-corrected chi connectivity index (χ2v) is 7.36. The Balaban J connectivity index is 0.000000642. The van der Waals surface area contributed by atoms with Crippen molar-refractivity contribution >= 4 is 60.8 Å². The summed E-state index contributed by atoms with van der Waals surface area (Å²) in [7, 11) is 5.97. The molecule has 2 aromatic carbocycles. The average Bonchev–Trinajstić information content (AvgIpc) is 2.86. The van der Waals surface area contributed by atoms with Crippen molar-refractivity contribution in [3.63, 3.8) is 0 Å². The van der Waals surface area contributed by atoms with E-state index in [1.807, 2.05) is 0 Å². The van der Waals surface area contributed by atoms with Crippen molar-refractivity contribution in [2.24, 2.45) is 11.5 Å². The summed E-state index contributed by atoms with van der Waals surface area (Å²) in [6, 6.07) is 9.54. The van der Waals surface area contributed by atoms with E-state index in [2.05, 4.69) is 0 Å². The molecule has 35 heavy (non-hydrogen) atoms. The number of aliphatic carboxylic acids is 2. The summed E-state index contributed by atoms with van der Waals surface area (Å²) in [4.78, 5) is 22.2. The Bertz CT molecular complexity index is 924. The van der Waals surface area contributed by atoms with Crippen LogP contribution in [0.5, 0.6) is 23.0 Å². The molecule has 0 aliphatic heterocycles. The molecule has 0 saturated heterocycles. The van der Waals surface area contributed by atoms with Crippen LogP contribution in [-0.4, -0.2) is 89.3 Å². The first kappa shape index (κ1) is 33.1. The second kappa shape index (κ2) is 14.6. The Labute approximate surface area is 245 Å². The summed E-state index contributed by atoms with van der Waals surface area (Å²) in [5.41, 5.74) is 9.46. The van der Waals surface area contributed by atoms with Crippen LogP contribution in [0.1, 0.15) is 37.8 Å². The molecule has 10 nitrogen and oxygen atoms in total. The monoisotopic (exact) mass is 614 g/mol. The van der Waals surface area contributed by atoms with Gasteiger partial charge >= 0.3 is 48.9 Å². The normalized spacial score (nSPS) is 13.5. The minimum atomic E-state index is -1.51. The van der Waals surface area contributed by atoms with Gasteiger partial charge in [-0.3, -0.25) is 0 Å². The van der Waals surface area contributed by atoms with Crippen LogP contribution in [0.2, 0.25) is 0 Å². The van der Waals surface area contributed by atoms with E-state index in [4.69, 9.17) is 30.4 Å². The maximum atomic E-state index is 11.1. The summed E-state index contributed by atoms with van der Waals surface area (Å²) < 4.78 is 20.3. The molecule has 0 bridgehead atoms. The molecule has 2 unspecified atom stereocenters. The minimum absolute atomic E-state index is 0. The largest absolute Gasteiger partial charge is 2.00 e. The molecular formula is C24H32BaN2O8. The number of benzene rings is 2. The van der Waals surface area contributed by atoms with Crippen LogP contribution in [-0.2, 0) is 20.7 Å². The maximum Gasteiger partial charge on any atom is 2.00 e. The first-order valence-electron chi connectivity index (χ1n) is 10.4. The number of carboxylic acid groups (broad SMARTS) is 2. The Morgan fingerprint density at radius 3 is 1.17 bits per heavy atom. The molecule has 0 amide bonds. The second-order valence-electron chi connectivity index (χ2n) is 7.36. The number of hydrogen-bond donors (Lipinski definition) is 2. The van der Waals surface area contributed by atoms with Crippen LogP contribution in [0.25, 0.3) is 0 Å². The predicted molar refractivity (Wildman–Crippen MR) is 127 cm³/mol. The summed E-state index contributed by atoms with van der Waals surface area (Å²) in [6.07, 6.45) is 0.454. The van der Waals surface area contributed by atoms with Gasteiger partial charge in [-0.15, -0.1) is 0 Å². The Kier molecular flexibility index (Phi) is 13.8. The van der Waals surface area contributed by atoms with Crippen LogP contribution >= 0.6 is 0 Å². The van der Waals surface area contributed by atoms with Crippen LogP contribution < -0.4 is 40.6 Å². The van der Waals surface area contributed by atoms with E-state index in [1.165, 1.54) is 28.4 Å². The van der Waals surface area contributed by atoms with Crippen LogP contribution in [0, 0.1) is 0 Å². The van der Waals surface area contributed by atoms with Crippen LogP contribution in [0.3, 0.4) is 0 Å². The predicted octanol–water partition coefficient (Wildman–Crippen LogP) is -0.345. The van der Waals surface area contributed by atoms with E-state index >= 15 is 0 Å². The number of hydrogen-bond acceptors (Lipinski definition) is 10. The van der Waals surface area contributed by atoms with Gasteiger partial charge in [-0.1, -0.05) is 26.0 Å². The zero-order valence-corrected chi connectivity index (χ0v) is 25.4. The van der Waals surface area contributed by atoms with Gasteiger partial charge < -0.3 is 50.2 Å². The summed E-state index contributed by atoms with van der Waals surface area (Å²) in [5, 5.41) is 22.2. The van der Waals surface area contributed by atoms with Gasteiger partial charge in [0.15, 0.2) is 23.0 Å². The van der Waals surface area contributed by atoms with E-state index in [-0.39, 0.29) is 61.7 Å². The molecular weight excluding hydrogens is 582 g/mol. The van der Waals surface area contributed by atoms with Gasteiger partial charge in [-0.2, -0.15) is 0 Å². The van der Waals surface area contributed by atoms with E-state index < -0.39 is 23.0 Å². The van der Waals surface area contributed by atoms with Crippen molar-refractivity contribution < 1.29 is 38.7 Å². The number of ether oxygens (including phenoxy) is 4. The minimum Gasteiger partial charge on any atom is -0.548 e. The fourth-order valence-electron chi connectivity index (χ4n) is 3.16. The smallest absolute Gasteiger partial charge is 0.548 e. The Morgan fingerprint density at radius 2 is 0.971 bits per heavy atom. The number of carbonyl (C=O) groups is 2. The molecule has 0 fully saturated rings. The number of nitrogens with two attached hydrogens (primary N) is 2. The molecule has 0 radical (unpaired) electrons. The Hall–Kier alpha value is -1.93. The summed E-state index contributed by atoms with van der Waals surface area (Å²) >= 11 is 0. The third kappa shape index (κ3) is 7.53. The van der Waals surface area contributed by atoms with E-state index in [0.29, 0.717) is 34.1 Å². The van der Waals surface area contributed by atoms with Gasteiger partial charge in [-0.25, -0.2) is 0 Å². The van der Waals surface area contributed by atoms with Crippen molar-refractivity contribution in [1.29, 1.82) is 0 Å². The molecule has 11 heteroatoms. The number of methoxy groups -OCH3 is 4. The standard InChI is InChI=1S/2C12H17NO4.Ba/c2*1-4-12(13,11(14)15)8-5-6-9(16-2)10(7-8)17-3;/h2*5-7H,4,13H2,1-3H3,(H,14,15);/q;;+2/p-2. The molecule has 2 aromatic rings. The number of carbonyl (C=O) groups excluding carboxylic acids is 2. The van der Waals surface area contributed by atoms with Crippen LogP contribution in [0.4, 0.5) is 0 Å². The van der Waals surface area contributed by atoms with E-state index in [1.54, 1.807) is 50.2 Å². The van der Waals surface area contributed by atoms with Crippen molar-refractivity contribution in [1.82, 2.24) is 0 Å². The molecule has 188 valence electrons. The van der Waals surface area contributed by atoms with Gasteiger partial charge in [0.05, 0.1) is 51.5 Å². The zero-order valence-electron chi connectivity index (χ0n) is 21.0. The molecule has 0 saturated carbocycles. The van der Waals surface area contributed by atoms with Gasteiger partial charge in [0.2, 0.25) is 0 Å². The topological polar surface area (TPSA) is 169 Å². The first-order chi connectivity index (χ1) is 16.0. The molecule has 0 aliphatic carbocycles. The number of rotatable bonds is 10. The first-order valence-corrected chi connectivity index (χ1v) is 10.4. The fourth-order valence-corrected chi connectivity index (χ4v) is 3.16. The van der Waals surface area contributed by atoms with Gasteiger partial charge in [0.25, 0.3) is 0 Å². The van der Waals surface area contributed by atoms with E-state index in [0.717, 1.165) is 0 Å². The van der Waals surface area contributed by atoms with Gasteiger partial charge in [0.1, 0.15) is 0 Å². The van der Waals surface area contributed by atoms with Gasteiger partial charge in [0, 0.05) is 0 Å². The molecule has 2 rings (SSSR count). The third-order valence-corrected chi connectivity index (χ3v) is 5.64. The molecule has 0 aromatic heterocycles.